The van der Waals surface area contributed by atoms with Gasteiger partial charge < -0.3 is 10.1 Å². The van der Waals surface area contributed by atoms with E-state index in [1.165, 1.54) is 0 Å². The van der Waals surface area contributed by atoms with Crippen LogP contribution in [0.15, 0.2) is 0 Å². The zero-order valence-electron chi connectivity index (χ0n) is 12.1. The molecule has 1 aromatic heterocycles. The Kier molecular flexibility index (Phi) is 3.40. The fourth-order valence-corrected chi connectivity index (χ4v) is 3.26. The van der Waals surface area contributed by atoms with Crippen molar-refractivity contribution in [1.82, 2.24) is 10.2 Å². The van der Waals surface area contributed by atoms with E-state index in [0.717, 1.165) is 16.6 Å². The molecule has 1 atom stereocenters. The molecule has 2 rings (SSSR count). The molecule has 0 bridgehead atoms. The number of aromatic nitrogens is 2. The maximum atomic E-state index is 6.07. The van der Waals surface area contributed by atoms with Crippen molar-refractivity contribution >= 4 is 16.5 Å². The second kappa shape index (κ2) is 4.46. The zero-order valence-corrected chi connectivity index (χ0v) is 12.9. The quantitative estimate of drug-likeness (QED) is 0.913. The van der Waals surface area contributed by atoms with Crippen molar-refractivity contribution < 1.29 is 4.74 Å². The van der Waals surface area contributed by atoms with Gasteiger partial charge in [0.1, 0.15) is 5.01 Å². The van der Waals surface area contributed by atoms with Crippen molar-refractivity contribution in [3.63, 3.8) is 0 Å². The van der Waals surface area contributed by atoms with E-state index in [0.29, 0.717) is 5.92 Å². The third-order valence-electron chi connectivity index (χ3n) is 3.31. The van der Waals surface area contributed by atoms with Crippen LogP contribution in [0.5, 0.6) is 0 Å². The predicted molar refractivity (Wildman–Crippen MR) is 75.3 cm³/mol. The number of nitrogens with zero attached hydrogens (tertiary/aromatic N) is 2. The largest absolute Gasteiger partial charge is 0.367 e. The van der Waals surface area contributed by atoms with Crippen LogP contribution in [0.3, 0.4) is 0 Å². The molecule has 1 aromatic rings. The Morgan fingerprint density at radius 3 is 2.39 bits per heavy atom. The summed E-state index contributed by atoms with van der Waals surface area (Å²) in [5, 5.41) is 13.9. The average molecular weight is 269 g/mol. The molecular formula is C13H23N3OS. The van der Waals surface area contributed by atoms with Crippen LogP contribution in [0.4, 0.5) is 5.13 Å². The highest BCUT2D eigenvalue weighted by Crippen LogP contribution is 2.39. The molecule has 0 spiro atoms. The summed E-state index contributed by atoms with van der Waals surface area (Å²) in [6.45, 7) is 12.8. The molecule has 0 amide bonds. The summed E-state index contributed by atoms with van der Waals surface area (Å²) < 4.78 is 6.07. The van der Waals surface area contributed by atoms with Crippen LogP contribution in [0, 0.1) is 0 Å². The van der Waals surface area contributed by atoms with E-state index in [2.05, 4.69) is 57.1 Å². The third kappa shape index (κ3) is 2.83. The minimum absolute atomic E-state index is 0.0767. The van der Waals surface area contributed by atoms with Crippen molar-refractivity contribution in [3.8, 4) is 0 Å². The number of ether oxygens (including phenoxy) is 1. The molecule has 4 nitrogen and oxygen atoms in total. The number of anilines is 1. The fraction of sp³-hybridized carbons (Fsp3) is 0.846. The maximum Gasteiger partial charge on any atom is 0.206 e. The van der Waals surface area contributed by atoms with E-state index in [-0.39, 0.29) is 17.2 Å². The van der Waals surface area contributed by atoms with Crippen LogP contribution in [0.2, 0.25) is 0 Å². The van der Waals surface area contributed by atoms with E-state index in [4.69, 9.17) is 4.74 Å². The van der Waals surface area contributed by atoms with Gasteiger partial charge in [0.15, 0.2) is 0 Å². The number of hydrogen-bond donors (Lipinski definition) is 1. The minimum Gasteiger partial charge on any atom is -0.367 e. The highest BCUT2D eigenvalue weighted by Gasteiger charge is 2.46. The van der Waals surface area contributed by atoms with Crippen LogP contribution in [-0.2, 0) is 4.74 Å². The van der Waals surface area contributed by atoms with Gasteiger partial charge in [-0.2, -0.15) is 0 Å². The molecule has 18 heavy (non-hydrogen) atoms. The summed E-state index contributed by atoms with van der Waals surface area (Å²) in [5.41, 5.74) is -0.250. The van der Waals surface area contributed by atoms with Crippen LogP contribution < -0.4 is 5.32 Å². The second-order valence-corrected chi connectivity index (χ2v) is 7.48. The lowest BCUT2D eigenvalue weighted by molar-refractivity contribution is -0.0662. The van der Waals surface area contributed by atoms with Gasteiger partial charge in [0.05, 0.1) is 17.2 Å². The standard InChI is InChI=1S/C13H23N3OS/c1-8(2)10-15-16-11(18-10)14-9-7-12(3,4)17-13(9,5)6/h8-9H,7H2,1-6H3,(H,14,16). The summed E-state index contributed by atoms with van der Waals surface area (Å²) in [5.74, 6) is 0.433. The van der Waals surface area contributed by atoms with Crippen molar-refractivity contribution in [1.29, 1.82) is 0 Å². The summed E-state index contributed by atoms with van der Waals surface area (Å²) in [6.07, 6.45) is 0.983. The van der Waals surface area contributed by atoms with E-state index in [9.17, 15) is 0 Å². The van der Waals surface area contributed by atoms with Gasteiger partial charge in [-0.3, -0.25) is 0 Å². The fourth-order valence-electron chi connectivity index (χ4n) is 2.46. The first kappa shape index (κ1) is 13.7. The Hall–Kier alpha value is -0.680. The number of nitrogens with one attached hydrogen (secondary N) is 1. The lowest BCUT2D eigenvalue weighted by Gasteiger charge is -2.27. The molecular weight excluding hydrogens is 246 g/mol. The van der Waals surface area contributed by atoms with Crippen LogP contribution in [0.1, 0.15) is 58.9 Å². The van der Waals surface area contributed by atoms with Crippen LogP contribution >= 0.6 is 11.3 Å². The Morgan fingerprint density at radius 2 is 1.94 bits per heavy atom. The summed E-state index contributed by atoms with van der Waals surface area (Å²) in [6, 6.07) is 0.278. The Bertz CT molecular complexity index is 426. The molecule has 0 aromatic carbocycles. The summed E-state index contributed by atoms with van der Waals surface area (Å²) in [7, 11) is 0. The molecule has 102 valence electrons. The molecule has 1 aliphatic rings. The van der Waals surface area contributed by atoms with Gasteiger partial charge in [0.25, 0.3) is 0 Å². The number of rotatable bonds is 3. The highest BCUT2D eigenvalue weighted by atomic mass is 32.1. The average Bonchev–Trinajstić information content (AvgIpc) is 2.69. The smallest absolute Gasteiger partial charge is 0.206 e. The molecule has 0 radical (unpaired) electrons. The molecule has 1 unspecified atom stereocenters. The molecule has 1 fully saturated rings. The Morgan fingerprint density at radius 1 is 1.28 bits per heavy atom. The van der Waals surface area contributed by atoms with Crippen molar-refractivity contribution in [3.05, 3.63) is 5.01 Å². The highest BCUT2D eigenvalue weighted by molar-refractivity contribution is 7.15. The van der Waals surface area contributed by atoms with Gasteiger partial charge in [0.2, 0.25) is 5.13 Å². The first-order valence-electron chi connectivity index (χ1n) is 6.50. The van der Waals surface area contributed by atoms with E-state index in [1.54, 1.807) is 11.3 Å². The van der Waals surface area contributed by atoms with Gasteiger partial charge in [-0.15, -0.1) is 10.2 Å². The summed E-state index contributed by atoms with van der Waals surface area (Å²) >= 11 is 1.64. The maximum absolute atomic E-state index is 6.07. The normalized spacial score (nSPS) is 25.6. The van der Waals surface area contributed by atoms with Gasteiger partial charge in [-0.25, -0.2) is 0 Å². The van der Waals surface area contributed by atoms with E-state index >= 15 is 0 Å². The van der Waals surface area contributed by atoms with Gasteiger partial charge in [-0.05, 0) is 34.1 Å². The predicted octanol–water partition coefficient (Wildman–Crippen LogP) is 3.42. The molecule has 1 N–H and O–H groups in total. The molecule has 5 heteroatoms. The Balaban J connectivity index is 2.09. The van der Waals surface area contributed by atoms with Gasteiger partial charge in [0, 0.05) is 5.92 Å². The second-order valence-electron chi connectivity index (χ2n) is 6.47. The molecule has 2 heterocycles. The van der Waals surface area contributed by atoms with Gasteiger partial charge >= 0.3 is 0 Å². The van der Waals surface area contributed by atoms with Crippen molar-refractivity contribution in [2.45, 2.75) is 71.1 Å². The summed E-state index contributed by atoms with van der Waals surface area (Å²) in [4.78, 5) is 0. The van der Waals surface area contributed by atoms with Crippen molar-refractivity contribution in [2.75, 3.05) is 5.32 Å². The molecule has 0 aliphatic carbocycles. The van der Waals surface area contributed by atoms with E-state index in [1.807, 2.05) is 0 Å². The zero-order chi connectivity index (χ0) is 13.6. The third-order valence-corrected chi connectivity index (χ3v) is 4.46. The SMILES string of the molecule is CC(C)c1nnc(NC2CC(C)(C)OC2(C)C)s1. The first-order valence-corrected chi connectivity index (χ1v) is 7.31. The molecule has 1 aliphatic heterocycles. The molecule has 1 saturated heterocycles. The first-order chi connectivity index (χ1) is 8.20. The van der Waals surface area contributed by atoms with E-state index < -0.39 is 0 Å². The molecule has 0 saturated carbocycles. The van der Waals surface area contributed by atoms with Crippen LogP contribution in [-0.4, -0.2) is 27.4 Å². The topological polar surface area (TPSA) is 47.0 Å². The van der Waals surface area contributed by atoms with Gasteiger partial charge in [-0.1, -0.05) is 25.2 Å². The lowest BCUT2D eigenvalue weighted by Crippen LogP contribution is -2.38. The lowest BCUT2D eigenvalue weighted by atomic mass is 9.95. The van der Waals surface area contributed by atoms with Crippen LogP contribution in [0.25, 0.3) is 0 Å². The number of hydrogen-bond acceptors (Lipinski definition) is 5. The Labute approximate surface area is 113 Å². The van der Waals surface area contributed by atoms with Crippen molar-refractivity contribution in [2.24, 2.45) is 0 Å². The monoisotopic (exact) mass is 269 g/mol. The minimum atomic E-state index is -0.173.